The van der Waals surface area contributed by atoms with E-state index >= 15 is 0 Å². The number of fused-ring (bicyclic) bond motifs is 1. The van der Waals surface area contributed by atoms with Crippen molar-refractivity contribution in [3.8, 4) is 11.5 Å². The second-order valence-corrected chi connectivity index (χ2v) is 6.36. The van der Waals surface area contributed by atoms with Gasteiger partial charge in [-0.2, -0.15) is 0 Å². The van der Waals surface area contributed by atoms with Crippen molar-refractivity contribution in [1.29, 1.82) is 0 Å². The SMILES string of the molecule is O=C(NCCc1ccc2c(c1)OCO2)[C@H]1CCCN1C(=O)c1ccco1. The van der Waals surface area contributed by atoms with Crippen LogP contribution in [0.5, 0.6) is 11.5 Å². The minimum atomic E-state index is -0.440. The molecule has 1 fully saturated rings. The van der Waals surface area contributed by atoms with E-state index in [1.165, 1.54) is 6.26 Å². The maximum atomic E-state index is 12.5. The van der Waals surface area contributed by atoms with Crippen LogP contribution in [0.4, 0.5) is 0 Å². The van der Waals surface area contributed by atoms with Crippen LogP contribution in [0.15, 0.2) is 41.0 Å². The predicted molar refractivity (Wildman–Crippen MR) is 92.0 cm³/mol. The number of furan rings is 1. The summed E-state index contributed by atoms with van der Waals surface area (Å²) in [6.07, 6.45) is 3.62. The van der Waals surface area contributed by atoms with Gasteiger partial charge in [0.2, 0.25) is 12.7 Å². The molecule has 1 aromatic heterocycles. The highest BCUT2D eigenvalue weighted by molar-refractivity contribution is 5.95. The number of benzene rings is 1. The molecule has 1 saturated heterocycles. The van der Waals surface area contributed by atoms with E-state index in [0.29, 0.717) is 25.9 Å². The van der Waals surface area contributed by atoms with E-state index in [1.807, 2.05) is 18.2 Å². The Balaban J connectivity index is 1.32. The first kappa shape index (κ1) is 16.5. The molecule has 0 saturated carbocycles. The Hall–Kier alpha value is -2.96. The van der Waals surface area contributed by atoms with Gasteiger partial charge in [0.1, 0.15) is 6.04 Å². The normalized spacial score (nSPS) is 18.2. The summed E-state index contributed by atoms with van der Waals surface area (Å²) in [7, 11) is 0. The molecule has 0 unspecified atom stereocenters. The van der Waals surface area contributed by atoms with Gasteiger partial charge in [-0.05, 0) is 49.1 Å². The highest BCUT2D eigenvalue weighted by Crippen LogP contribution is 2.32. The van der Waals surface area contributed by atoms with Gasteiger partial charge in [0.25, 0.3) is 5.91 Å². The van der Waals surface area contributed by atoms with Gasteiger partial charge in [-0.3, -0.25) is 9.59 Å². The van der Waals surface area contributed by atoms with Gasteiger partial charge in [-0.15, -0.1) is 0 Å². The fraction of sp³-hybridized carbons (Fsp3) is 0.368. The quantitative estimate of drug-likeness (QED) is 0.886. The van der Waals surface area contributed by atoms with Gasteiger partial charge >= 0.3 is 0 Å². The Labute approximate surface area is 150 Å². The third kappa shape index (κ3) is 3.24. The number of nitrogens with one attached hydrogen (secondary N) is 1. The van der Waals surface area contributed by atoms with Crippen LogP contribution < -0.4 is 14.8 Å². The lowest BCUT2D eigenvalue weighted by molar-refractivity contribution is -0.124. The number of hydrogen-bond donors (Lipinski definition) is 1. The van der Waals surface area contributed by atoms with Crippen LogP contribution in [0, 0.1) is 0 Å². The van der Waals surface area contributed by atoms with Crippen molar-refractivity contribution in [2.24, 2.45) is 0 Å². The first-order valence-electron chi connectivity index (χ1n) is 8.73. The van der Waals surface area contributed by atoms with Crippen LogP contribution in [-0.2, 0) is 11.2 Å². The van der Waals surface area contributed by atoms with Crippen LogP contribution in [0.3, 0.4) is 0 Å². The van der Waals surface area contributed by atoms with Gasteiger partial charge in [0, 0.05) is 13.1 Å². The van der Waals surface area contributed by atoms with E-state index in [1.54, 1.807) is 17.0 Å². The van der Waals surface area contributed by atoms with Crippen molar-refractivity contribution >= 4 is 11.8 Å². The highest BCUT2D eigenvalue weighted by Gasteiger charge is 2.35. The Bertz CT molecular complexity index is 802. The van der Waals surface area contributed by atoms with Gasteiger partial charge in [0.05, 0.1) is 6.26 Å². The summed E-state index contributed by atoms with van der Waals surface area (Å²) in [5.74, 6) is 1.40. The van der Waals surface area contributed by atoms with Crippen molar-refractivity contribution in [1.82, 2.24) is 10.2 Å². The molecular weight excluding hydrogens is 336 g/mol. The van der Waals surface area contributed by atoms with Gasteiger partial charge in [-0.25, -0.2) is 0 Å². The maximum Gasteiger partial charge on any atom is 0.290 e. The molecule has 1 aromatic carbocycles. The Morgan fingerprint density at radius 2 is 2.08 bits per heavy atom. The number of likely N-dealkylation sites (tertiary alicyclic amines) is 1. The first-order valence-corrected chi connectivity index (χ1v) is 8.73. The number of hydrogen-bond acceptors (Lipinski definition) is 5. The van der Waals surface area contributed by atoms with Gasteiger partial charge < -0.3 is 24.1 Å². The van der Waals surface area contributed by atoms with E-state index in [4.69, 9.17) is 13.9 Å². The second kappa shape index (κ2) is 7.11. The summed E-state index contributed by atoms with van der Waals surface area (Å²) < 4.78 is 15.8. The highest BCUT2D eigenvalue weighted by atomic mass is 16.7. The van der Waals surface area contributed by atoms with E-state index in [2.05, 4.69) is 5.32 Å². The molecule has 136 valence electrons. The van der Waals surface area contributed by atoms with Crippen LogP contribution in [-0.4, -0.2) is 42.6 Å². The molecule has 1 atom stereocenters. The third-order valence-corrected chi connectivity index (χ3v) is 4.70. The predicted octanol–water partition coefficient (Wildman–Crippen LogP) is 1.97. The number of ether oxygens (including phenoxy) is 2. The minimum absolute atomic E-state index is 0.122. The number of amides is 2. The Kier molecular flexibility index (Phi) is 4.51. The van der Waals surface area contributed by atoms with Crippen LogP contribution in [0.2, 0.25) is 0 Å². The fourth-order valence-corrected chi connectivity index (χ4v) is 3.37. The average molecular weight is 356 g/mol. The molecule has 0 spiro atoms. The summed E-state index contributed by atoms with van der Waals surface area (Å²) in [6.45, 7) is 1.31. The summed E-state index contributed by atoms with van der Waals surface area (Å²) >= 11 is 0. The zero-order valence-electron chi connectivity index (χ0n) is 14.3. The van der Waals surface area contributed by atoms with Crippen molar-refractivity contribution in [3.63, 3.8) is 0 Å². The van der Waals surface area contributed by atoms with Crippen molar-refractivity contribution in [3.05, 3.63) is 47.9 Å². The van der Waals surface area contributed by atoms with Crippen molar-refractivity contribution < 1.29 is 23.5 Å². The number of carbonyl (C=O) groups is 2. The lowest BCUT2D eigenvalue weighted by Gasteiger charge is -2.23. The number of carbonyl (C=O) groups excluding carboxylic acids is 2. The number of rotatable bonds is 5. The monoisotopic (exact) mass is 356 g/mol. The Morgan fingerprint density at radius 3 is 2.92 bits per heavy atom. The molecule has 0 bridgehead atoms. The van der Waals surface area contributed by atoms with Crippen LogP contribution in [0.1, 0.15) is 29.0 Å². The van der Waals surface area contributed by atoms with E-state index < -0.39 is 6.04 Å². The summed E-state index contributed by atoms with van der Waals surface area (Å²) in [4.78, 5) is 26.6. The molecule has 2 aliphatic heterocycles. The van der Waals surface area contributed by atoms with Crippen molar-refractivity contribution in [2.45, 2.75) is 25.3 Å². The zero-order valence-corrected chi connectivity index (χ0v) is 14.3. The second-order valence-electron chi connectivity index (χ2n) is 6.36. The summed E-state index contributed by atoms with van der Waals surface area (Å²) in [6, 6.07) is 8.61. The van der Waals surface area contributed by atoms with Crippen LogP contribution >= 0.6 is 0 Å². The molecule has 4 rings (SSSR count). The molecule has 0 radical (unpaired) electrons. The van der Waals surface area contributed by atoms with E-state index in [-0.39, 0.29) is 24.4 Å². The lowest BCUT2D eigenvalue weighted by Crippen LogP contribution is -2.46. The molecule has 2 aliphatic rings. The Morgan fingerprint density at radius 1 is 1.19 bits per heavy atom. The third-order valence-electron chi connectivity index (χ3n) is 4.70. The molecular formula is C19H20N2O5. The fourth-order valence-electron chi connectivity index (χ4n) is 3.37. The first-order chi connectivity index (χ1) is 12.7. The van der Waals surface area contributed by atoms with E-state index in [0.717, 1.165) is 23.5 Å². The minimum Gasteiger partial charge on any atom is -0.459 e. The molecule has 0 aliphatic carbocycles. The zero-order chi connectivity index (χ0) is 17.9. The smallest absolute Gasteiger partial charge is 0.290 e. The van der Waals surface area contributed by atoms with Crippen LogP contribution in [0.25, 0.3) is 0 Å². The maximum absolute atomic E-state index is 12.5. The largest absolute Gasteiger partial charge is 0.459 e. The standard InChI is InChI=1S/C19H20N2O5/c22-18(14-3-1-9-21(14)19(23)16-4-2-10-24-16)20-8-7-13-5-6-15-17(11-13)26-12-25-15/h2,4-6,10-11,14H,1,3,7-9,12H2,(H,20,22)/t14-/m1/s1. The molecule has 2 amide bonds. The van der Waals surface area contributed by atoms with E-state index in [9.17, 15) is 9.59 Å². The number of nitrogens with zero attached hydrogens (tertiary/aromatic N) is 1. The van der Waals surface area contributed by atoms with Crippen molar-refractivity contribution in [2.75, 3.05) is 19.9 Å². The average Bonchev–Trinajstić information content (AvgIpc) is 3.41. The molecule has 7 heteroatoms. The van der Waals surface area contributed by atoms with Gasteiger partial charge in [-0.1, -0.05) is 6.07 Å². The van der Waals surface area contributed by atoms with Gasteiger partial charge in [0.15, 0.2) is 17.3 Å². The topological polar surface area (TPSA) is 81.0 Å². The lowest BCUT2D eigenvalue weighted by atomic mass is 10.1. The summed E-state index contributed by atoms with van der Waals surface area (Å²) in [5.41, 5.74) is 1.06. The molecule has 1 N–H and O–H groups in total. The molecule has 3 heterocycles. The molecule has 2 aromatic rings. The molecule has 26 heavy (non-hydrogen) atoms. The summed E-state index contributed by atoms with van der Waals surface area (Å²) in [5, 5.41) is 2.94. The molecule has 7 nitrogen and oxygen atoms in total.